The summed E-state index contributed by atoms with van der Waals surface area (Å²) in [4.78, 5) is 20.6. The van der Waals surface area contributed by atoms with Gasteiger partial charge in [-0.1, -0.05) is 17.7 Å². The molecule has 8 nitrogen and oxygen atoms in total. The smallest absolute Gasteiger partial charge is 0.410 e. The number of anilines is 1. The molecule has 4 rings (SSSR count). The molecule has 1 atom stereocenters. The molecule has 32 heavy (non-hydrogen) atoms. The van der Waals surface area contributed by atoms with Crippen molar-refractivity contribution < 1.29 is 23.8 Å². The zero-order valence-corrected chi connectivity index (χ0v) is 18.9. The zero-order valence-electron chi connectivity index (χ0n) is 18.2. The van der Waals surface area contributed by atoms with E-state index in [0.29, 0.717) is 37.5 Å². The van der Waals surface area contributed by atoms with Gasteiger partial charge in [0.25, 0.3) is 0 Å². The van der Waals surface area contributed by atoms with E-state index in [-0.39, 0.29) is 46.6 Å². The number of amides is 1. The number of phenols is 1. The quantitative estimate of drug-likeness (QED) is 0.664. The van der Waals surface area contributed by atoms with Crippen LogP contribution in [0.15, 0.2) is 18.2 Å². The minimum absolute atomic E-state index is 0.0220. The molecule has 1 fully saturated rings. The summed E-state index contributed by atoms with van der Waals surface area (Å²) < 4.78 is 26.0. The van der Waals surface area contributed by atoms with E-state index in [1.54, 1.807) is 4.90 Å². The van der Waals surface area contributed by atoms with Crippen molar-refractivity contribution >= 4 is 23.5 Å². The highest BCUT2D eigenvalue weighted by molar-refractivity contribution is 6.34. The number of pyridine rings is 1. The van der Waals surface area contributed by atoms with Crippen LogP contribution in [0, 0.1) is 5.82 Å². The molecular weight excluding hydrogens is 439 g/mol. The summed E-state index contributed by atoms with van der Waals surface area (Å²) in [7, 11) is 0. The lowest BCUT2D eigenvalue weighted by Gasteiger charge is -2.40. The summed E-state index contributed by atoms with van der Waals surface area (Å²) in [5, 5.41) is 10.3. The number of benzene rings is 1. The van der Waals surface area contributed by atoms with Crippen LogP contribution in [0.25, 0.3) is 11.3 Å². The van der Waals surface area contributed by atoms with E-state index in [0.717, 1.165) is 0 Å². The van der Waals surface area contributed by atoms with Crippen molar-refractivity contribution in [3.05, 3.63) is 34.6 Å². The molecule has 0 spiro atoms. The number of aromatic hydroxyl groups is 1. The number of nitrogens with zero attached hydrogens (tertiary/aromatic N) is 3. The first-order chi connectivity index (χ1) is 15.0. The van der Waals surface area contributed by atoms with Gasteiger partial charge >= 0.3 is 6.09 Å². The SMILES string of the molecule is CC(C)(C)OC(=O)N1CCN2Cc3c(N)nc(-c4c(O)cccc4F)c(Cl)c3OC[C@H]2C1. The Morgan fingerprint density at radius 2 is 2.12 bits per heavy atom. The Balaban J connectivity index is 1.62. The lowest BCUT2D eigenvalue weighted by molar-refractivity contribution is -0.00153. The van der Waals surface area contributed by atoms with E-state index < -0.39 is 11.4 Å². The summed E-state index contributed by atoms with van der Waals surface area (Å²) in [6.45, 7) is 7.68. The molecule has 2 aliphatic rings. The Labute approximate surface area is 190 Å². The lowest BCUT2D eigenvalue weighted by atomic mass is 10.1. The Morgan fingerprint density at radius 1 is 1.38 bits per heavy atom. The molecule has 1 aromatic heterocycles. The molecule has 0 bridgehead atoms. The number of carbonyl (C=O) groups excluding carboxylic acids is 1. The Bertz CT molecular complexity index is 1040. The van der Waals surface area contributed by atoms with Gasteiger partial charge in [0, 0.05) is 26.2 Å². The number of nitrogens with two attached hydrogens (primary N) is 1. The van der Waals surface area contributed by atoms with Gasteiger partial charge in [-0.3, -0.25) is 4.90 Å². The monoisotopic (exact) mass is 464 g/mol. The van der Waals surface area contributed by atoms with Gasteiger partial charge in [0.05, 0.1) is 17.2 Å². The van der Waals surface area contributed by atoms with Gasteiger partial charge in [-0.15, -0.1) is 0 Å². The Morgan fingerprint density at radius 3 is 2.81 bits per heavy atom. The van der Waals surface area contributed by atoms with Crippen molar-refractivity contribution in [2.75, 3.05) is 32.0 Å². The van der Waals surface area contributed by atoms with Gasteiger partial charge in [0.2, 0.25) is 0 Å². The molecule has 10 heteroatoms. The summed E-state index contributed by atoms with van der Waals surface area (Å²) in [6, 6.07) is 3.84. The first kappa shape index (κ1) is 22.4. The van der Waals surface area contributed by atoms with E-state index in [1.807, 2.05) is 20.8 Å². The number of ether oxygens (including phenoxy) is 2. The number of fused-ring (bicyclic) bond motifs is 2. The maximum atomic E-state index is 14.4. The number of nitrogen functional groups attached to an aromatic ring is 1. The predicted octanol–water partition coefficient (Wildman–Crippen LogP) is 3.64. The van der Waals surface area contributed by atoms with Crippen molar-refractivity contribution in [2.45, 2.75) is 39.0 Å². The number of hydrogen-bond acceptors (Lipinski definition) is 7. The van der Waals surface area contributed by atoms with E-state index in [9.17, 15) is 14.3 Å². The third-order valence-electron chi connectivity index (χ3n) is 5.49. The molecule has 3 heterocycles. The van der Waals surface area contributed by atoms with Gasteiger partial charge in [-0.25, -0.2) is 14.2 Å². The second-order valence-corrected chi connectivity index (χ2v) is 9.34. The van der Waals surface area contributed by atoms with Crippen molar-refractivity contribution in [1.82, 2.24) is 14.8 Å². The van der Waals surface area contributed by atoms with Gasteiger partial charge in [0.15, 0.2) is 0 Å². The molecule has 2 aromatic rings. The molecule has 0 aliphatic carbocycles. The van der Waals surface area contributed by atoms with E-state index in [1.165, 1.54) is 18.2 Å². The lowest BCUT2D eigenvalue weighted by Crippen LogP contribution is -2.56. The van der Waals surface area contributed by atoms with Crippen LogP contribution in [0.5, 0.6) is 11.5 Å². The third kappa shape index (κ3) is 4.27. The maximum absolute atomic E-state index is 14.4. The molecule has 3 N–H and O–H groups in total. The summed E-state index contributed by atoms with van der Waals surface area (Å²) >= 11 is 6.57. The molecule has 0 saturated carbocycles. The Kier molecular flexibility index (Phi) is 5.81. The van der Waals surface area contributed by atoms with Crippen LogP contribution in [-0.4, -0.2) is 63.9 Å². The first-order valence-electron chi connectivity index (χ1n) is 10.4. The van der Waals surface area contributed by atoms with Crippen molar-refractivity contribution in [1.29, 1.82) is 0 Å². The van der Waals surface area contributed by atoms with Crippen LogP contribution < -0.4 is 10.5 Å². The Hall–Kier alpha value is -2.78. The zero-order chi connectivity index (χ0) is 23.2. The number of carbonyl (C=O) groups is 1. The minimum Gasteiger partial charge on any atom is -0.507 e. The van der Waals surface area contributed by atoms with E-state index in [2.05, 4.69) is 9.88 Å². The molecule has 1 aromatic carbocycles. The standard InChI is InChI=1S/C22H26ClFN4O4/c1-22(2,3)32-21(30)28-8-7-27-10-13-19(31-11-12(27)9-28)17(23)18(26-20(13)25)16-14(24)5-4-6-15(16)29/h4-6,12,29H,7-11H2,1-3H3,(H2,25,26)/t12-/m1/s1. The highest BCUT2D eigenvalue weighted by atomic mass is 35.5. The first-order valence-corrected chi connectivity index (χ1v) is 10.7. The number of rotatable bonds is 1. The topological polar surface area (TPSA) is 101 Å². The van der Waals surface area contributed by atoms with Crippen molar-refractivity contribution in [3.63, 3.8) is 0 Å². The molecular formula is C22H26ClFN4O4. The fraction of sp³-hybridized carbons (Fsp3) is 0.455. The highest BCUT2D eigenvalue weighted by Gasteiger charge is 2.36. The highest BCUT2D eigenvalue weighted by Crippen LogP contribution is 2.44. The fourth-order valence-electron chi connectivity index (χ4n) is 3.94. The fourth-order valence-corrected chi connectivity index (χ4v) is 4.25. The second-order valence-electron chi connectivity index (χ2n) is 8.96. The van der Waals surface area contributed by atoms with Crippen LogP contribution in [0.2, 0.25) is 5.02 Å². The van der Waals surface area contributed by atoms with Gasteiger partial charge in [-0.2, -0.15) is 0 Å². The summed E-state index contributed by atoms with van der Waals surface area (Å²) in [5.74, 6) is -0.497. The minimum atomic E-state index is -0.669. The second kappa shape index (κ2) is 8.29. The van der Waals surface area contributed by atoms with Crippen molar-refractivity contribution in [2.24, 2.45) is 0 Å². The average molecular weight is 465 g/mol. The molecule has 1 amide bonds. The summed E-state index contributed by atoms with van der Waals surface area (Å²) in [5.41, 5.74) is 6.13. The van der Waals surface area contributed by atoms with Gasteiger partial charge in [0.1, 0.15) is 46.1 Å². The van der Waals surface area contributed by atoms with Crippen LogP contribution in [0.1, 0.15) is 26.3 Å². The number of aromatic nitrogens is 1. The predicted molar refractivity (Wildman–Crippen MR) is 118 cm³/mol. The van der Waals surface area contributed by atoms with Gasteiger partial charge < -0.3 is 25.2 Å². The van der Waals surface area contributed by atoms with Crippen LogP contribution in [0.3, 0.4) is 0 Å². The molecule has 1 saturated heterocycles. The molecule has 0 unspecified atom stereocenters. The van der Waals surface area contributed by atoms with Crippen LogP contribution in [0.4, 0.5) is 15.0 Å². The van der Waals surface area contributed by atoms with Crippen LogP contribution in [-0.2, 0) is 11.3 Å². The van der Waals surface area contributed by atoms with E-state index >= 15 is 0 Å². The molecule has 2 aliphatic heterocycles. The largest absolute Gasteiger partial charge is 0.507 e. The molecule has 172 valence electrons. The third-order valence-corrected chi connectivity index (χ3v) is 5.84. The van der Waals surface area contributed by atoms with Crippen LogP contribution >= 0.6 is 11.6 Å². The normalized spacial score (nSPS) is 18.9. The number of halogens is 2. The van der Waals surface area contributed by atoms with E-state index in [4.69, 9.17) is 26.8 Å². The number of piperazine rings is 1. The maximum Gasteiger partial charge on any atom is 0.410 e. The molecule has 0 radical (unpaired) electrons. The summed E-state index contributed by atoms with van der Waals surface area (Å²) in [6.07, 6.45) is -0.365. The number of hydrogen-bond donors (Lipinski definition) is 2. The van der Waals surface area contributed by atoms with Gasteiger partial charge in [-0.05, 0) is 32.9 Å². The number of phenolic OH excluding ortho intramolecular Hbond substituents is 1. The van der Waals surface area contributed by atoms with Crippen molar-refractivity contribution in [3.8, 4) is 22.8 Å². The average Bonchev–Trinajstić information content (AvgIpc) is 2.90.